The van der Waals surface area contributed by atoms with Gasteiger partial charge in [0.1, 0.15) is 0 Å². The molecule has 19 heavy (non-hydrogen) atoms. The number of hydrogen-bond donors (Lipinski definition) is 3. The number of aliphatic hydroxyl groups excluding tert-OH is 2. The fraction of sp³-hybridized carbons (Fsp3) is 1.00. The molecule has 0 spiro atoms. The summed E-state index contributed by atoms with van der Waals surface area (Å²) in [6, 6.07) is 0. The summed E-state index contributed by atoms with van der Waals surface area (Å²) in [5.41, 5.74) is 0.0886. The van der Waals surface area contributed by atoms with Crippen molar-refractivity contribution in [3.8, 4) is 0 Å². The molecule has 0 amide bonds. The fourth-order valence-corrected chi connectivity index (χ4v) is 3.91. The first kappa shape index (κ1) is 15.3. The van der Waals surface area contributed by atoms with Crippen molar-refractivity contribution in [1.29, 1.82) is 0 Å². The number of aliphatic hydroxyl groups is 2. The van der Waals surface area contributed by atoms with Crippen LogP contribution in [-0.2, 0) is 0 Å². The van der Waals surface area contributed by atoms with Gasteiger partial charge in [-0.2, -0.15) is 0 Å². The van der Waals surface area contributed by atoms with Gasteiger partial charge in [-0.3, -0.25) is 0 Å². The lowest BCUT2D eigenvalue weighted by Crippen LogP contribution is -2.41. The van der Waals surface area contributed by atoms with Gasteiger partial charge in [-0.1, -0.05) is 44.9 Å². The Hall–Kier alpha value is -0.120. The molecule has 1 atom stereocenters. The molecule has 3 N–H and O–H groups in total. The van der Waals surface area contributed by atoms with Crippen LogP contribution in [0.3, 0.4) is 0 Å². The maximum Gasteiger partial charge on any atom is 0.0667 e. The molecule has 0 aromatic carbocycles. The number of hydrogen-bond acceptors (Lipinski definition) is 3. The van der Waals surface area contributed by atoms with E-state index in [1.807, 2.05) is 0 Å². The Kier molecular flexibility index (Phi) is 6.11. The van der Waals surface area contributed by atoms with Crippen molar-refractivity contribution in [2.24, 2.45) is 11.3 Å². The Morgan fingerprint density at radius 3 is 2.37 bits per heavy atom. The highest BCUT2D eigenvalue weighted by Gasteiger charge is 2.31. The van der Waals surface area contributed by atoms with Crippen molar-refractivity contribution < 1.29 is 10.2 Å². The summed E-state index contributed by atoms with van der Waals surface area (Å²) in [5.74, 6) is 0.748. The first-order chi connectivity index (χ1) is 9.24. The zero-order valence-corrected chi connectivity index (χ0v) is 12.2. The third-order valence-electron chi connectivity index (χ3n) is 5.21. The van der Waals surface area contributed by atoms with E-state index in [4.69, 9.17) is 0 Å². The van der Waals surface area contributed by atoms with Crippen molar-refractivity contribution in [1.82, 2.24) is 5.32 Å². The molecule has 0 aliphatic heterocycles. The fourth-order valence-electron chi connectivity index (χ4n) is 3.91. The minimum atomic E-state index is -0.206. The van der Waals surface area contributed by atoms with Gasteiger partial charge in [-0.25, -0.2) is 0 Å². The summed E-state index contributed by atoms with van der Waals surface area (Å²) in [7, 11) is 0. The SMILES string of the molecule is OCC1(CNCC(O)CC2CCCC2)CCCCC1. The molecule has 2 aliphatic carbocycles. The average Bonchev–Trinajstić information content (AvgIpc) is 2.92. The van der Waals surface area contributed by atoms with Gasteiger partial charge in [0.25, 0.3) is 0 Å². The van der Waals surface area contributed by atoms with Gasteiger partial charge >= 0.3 is 0 Å². The second-order valence-electron chi connectivity index (χ2n) is 6.89. The lowest BCUT2D eigenvalue weighted by molar-refractivity contribution is 0.0733. The van der Waals surface area contributed by atoms with E-state index in [0.29, 0.717) is 13.2 Å². The van der Waals surface area contributed by atoms with E-state index in [9.17, 15) is 10.2 Å². The highest BCUT2D eigenvalue weighted by Crippen LogP contribution is 2.35. The topological polar surface area (TPSA) is 52.5 Å². The van der Waals surface area contributed by atoms with Crippen LogP contribution < -0.4 is 5.32 Å². The first-order valence-corrected chi connectivity index (χ1v) is 8.24. The summed E-state index contributed by atoms with van der Waals surface area (Å²) in [6.45, 7) is 1.85. The van der Waals surface area contributed by atoms with Crippen molar-refractivity contribution >= 4 is 0 Å². The molecule has 0 saturated heterocycles. The van der Waals surface area contributed by atoms with Crippen LogP contribution in [0, 0.1) is 11.3 Å². The predicted molar refractivity (Wildman–Crippen MR) is 78.1 cm³/mol. The summed E-state index contributed by atoms with van der Waals surface area (Å²) < 4.78 is 0. The molecule has 0 aromatic heterocycles. The van der Waals surface area contributed by atoms with Gasteiger partial charge in [-0.05, 0) is 25.2 Å². The van der Waals surface area contributed by atoms with E-state index < -0.39 is 0 Å². The zero-order chi connectivity index (χ0) is 13.6. The normalized spacial score (nSPS) is 25.6. The number of nitrogens with one attached hydrogen (secondary N) is 1. The summed E-state index contributed by atoms with van der Waals surface area (Å²) in [6.07, 6.45) is 12.1. The molecule has 2 fully saturated rings. The van der Waals surface area contributed by atoms with Gasteiger partial charge in [0, 0.05) is 25.1 Å². The summed E-state index contributed by atoms with van der Waals surface area (Å²) >= 11 is 0. The molecule has 2 saturated carbocycles. The van der Waals surface area contributed by atoms with Crippen LogP contribution in [0.4, 0.5) is 0 Å². The van der Waals surface area contributed by atoms with E-state index in [2.05, 4.69) is 5.32 Å². The van der Waals surface area contributed by atoms with Crippen LogP contribution in [0.1, 0.15) is 64.2 Å². The van der Waals surface area contributed by atoms with E-state index >= 15 is 0 Å². The summed E-state index contributed by atoms with van der Waals surface area (Å²) in [4.78, 5) is 0. The van der Waals surface area contributed by atoms with Gasteiger partial charge < -0.3 is 15.5 Å². The summed E-state index contributed by atoms with van der Waals surface area (Å²) in [5, 5.41) is 23.1. The second kappa shape index (κ2) is 7.61. The third-order valence-corrected chi connectivity index (χ3v) is 5.21. The molecular formula is C16H31NO2. The molecule has 2 rings (SSSR count). The van der Waals surface area contributed by atoms with E-state index in [1.165, 1.54) is 44.9 Å². The molecule has 0 heterocycles. The van der Waals surface area contributed by atoms with Crippen LogP contribution in [0.2, 0.25) is 0 Å². The largest absolute Gasteiger partial charge is 0.396 e. The molecular weight excluding hydrogens is 238 g/mol. The second-order valence-corrected chi connectivity index (χ2v) is 6.89. The van der Waals surface area contributed by atoms with Crippen LogP contribution in [0.25, 0.3) is 0 Å². The van der Waals surface area contributed by atoms with Gasteiger partial charge in [0.2, 0.25) is 0 Å². The smallest absolute Gasteiger partial charge is 0.0667 e. The highest BCUT2D eigenvalue weighted by atomic mass is 16.3. The van der Waals surface area contributed by atoms with Gasteiger partial charge in [0.05, 0.1) is 6.10 Å². The van der Waals surface area contributed by atoms with Gasteiger partial charge in [0.15, 0.2) is 0 Å². The predicted octanol–water partition coefficient (Wildman–Crippen LogP) is 2.46. The Labute approximate surface area is 117 Å². The lowest BCUT2D eigenvalue weighted by Gasteiger charge is -2.36. The monoisotopic (exact) mass is 269 g/mol. The van der Waals surface area contributed by atoms with Crippen molar-refractivity contribution in [2.45, 2.75) is 70.3 Å². The van der Waals surface area contributed by atoms with Crippen molar-refractivity contribution in [3.05, 3.63) is 0 Å². The van der Waals surface area contributed by atoms with Crippen LogP contribution in [0.15, 0.2) is 0 Å². The Morgan fingerprint density at radius 1 is 1.05 bits per heavy atom. The molecule has 3 heteroatoms. The Balaban J connectivity index is 1.63. The quantitative estimate of drug-likeness (QED) is 0.665. The molecule has 1 unspecified atom stereocenters. The van der Waals surface area contributed by atoms with Gasteiger partial charge in [-0.15, -0.1) is 0 Å². The maximum atomic E-state index is 10.1. The maximum absolute atomic E-state index is 10.1. The van der Waals surface area contributed by atoms with Crippen LogP contribution >= 0.6 is 0 Å². The van der Waals surface area contributed by atoms with E-state index in [1.54, 1.807) is 0 Å². The van der Waals surface area contributed by atoms with Crippen LogP contribution in [0.5, 0.6) is 0 Å². The lowest BCUT2D eigenvalue weighted by atomic mass is 9.74. The van der Waals surface area contributed by atoms with Crippen molar-refractivity contribution in [3.63, 3.8) is 0 Å². The zero-order valence-electron chi connectivity index (χ0n) is 12.2. The molecule has 0 bridgehead atoms. The van der Waals surface area contributed by atoms with Crippen molar-refractivity contribution in [2.75, 3.05) is 19.7 Å². The van der Waals surface area contributed by atoms with Crippen LogP contribution in [-0.4, -0.2) is 36.0 Å². The van der Waals surface area contributed by atoms with E-state index in [0.717, 1.165) is 31.7 Å². The van der Waals surface area contributed by atoms with E-state index in [-0.39, 0.29) is 11.5 Å². The molecule has 3 nitrogen and oxygen atoms in total. The minimum absolute atomic E-state index is 0.0886. The standard InChI is InChI=1S/C16H31NO2/c18-13-16(8-4-1-5-9-16)12-17-11-15(19)10-14-6-2-3-7-14/h14-15,17-19H,1-13H2. The third kappa shape index (κ3) is 4.73. The molecule has 0 radical (unpaired) electrons. The first-order valence-electron chi connectivity index (χ1n) is 8.24. The molecule has 2 aliphatic rings. The number of rotatable bonds is 7. The minimum Gasteiger partial charge on any atom is -0.396 e. The Bertz CT molecular complexity index is 245. The highest BCUT2D eigenvalue weighted by molar-refractivity contribution is 4.84. The Morgan fingerprint density at radius 2 is 1.74 bits per heavy atom. The average molecular weight is 269 g/mol. The molecule has 112 valence electrons. The molecule has 0 aromatic rings.